The summed E-state index contributed by atoms with van der Waals surface area (Å²) in [5.74, 6) is 0. The maximum atomic E-state index is 12.0. The van der Waals surface area contributed by atoms with E-state index in [1.54, 1.807) is 31.2 Å². The average molecular weight is 307 g/mol. The Kier molecular flexibility index (Phi) is 5.96. The zero-order chi connectivity index (χ0) is 15.9. The Balaban J connectivity index is 2.81. The predicted molar refractivity (Wildman–Crippen MR) is 80.3 cm³/mol. The minimum absolute atomic E-state index is 0.00750. The summed E-state index contributed by atoms with van der Waals surface area (Å²) in [7, 11) is -3.95. The van der Waals surface area contributed by atoms with Crippen molar-refractivity contribution in [2.45, 2.75) is 24.8 Å². The van der Waals surface area contributed by atoms with Gasteiger partial charge in [0.15, 0.2) is 0 Å². The van der Waals surface area contributed by atoms with Gasteiger partial charge in [0.2, 0.25) is 0 Å². The number of nitrogens with one attached hydrogen (secondary N) is 1. The zero-order valence-electron chi connectivity index (χ0n) is 11.9. The number of benzene rings is 1. The van der Waals surface area contributed by atoms with Crippen molar-refractivity contribution < 1.29 is 17.9 Å². The number of sulfonamides is 1. The summed E-state index contributed by atoms with van der Waals surface area (Å²) >= 11 is 0. The first-order valence-electron chi connectivity index (χ1n) is 6.18. The third-order valence-electron chi connectivity index (χ3n) is 2.46. The lowest BCUT2D eigenvalue weighted by atomic mass is 10.2. The standard InChI is InChI=1S/C15H17NO4S/c1-4-6-13(7-5-2)20-15(17)16-21(18,19)14-10-8-12(3)9-11-14/h5-11,13H,1H2,2-3H3,(H,16,17)/b7-5+. The highest BCUT2D eigenvalue weighted by atomic mass is 32.2. The van der Waals surface area contributed by atoms with Gasteiger partial charge in [-0.2, -0.15) is 0 Å². The first kappa shape index (κ1) is 16.8. The number of rotatable bonds is 5. The van der Waals surface area contributed by atoms with Crippen LogP contribution in [0.1, 0.15) is 12.5 Å². The molecule has 0 aliphatic rings. The number of carbonyl (C=O) groups excluding carboxylic acids is 1. The Morgan fingerprint density at radius 3 is 2.52 bits per heavy atom. The van der Waals surface area contributed by atoms with Crippen LogP contribution >= 0.6 is 0 Å². The fourth-order valence-electron chi connectivity index (χ4n) is 1.47. The van der Waals surface area contributed by atoms with Crippen LogP contribution in [-0.4, -0.2) is 20.6 Å². The molecule has 6 heteroatoms. The van der Waals surface area contributed by atoms with Crippen molar-refractivity contribution in [3.63, 3.8) is 0 Å². The fourth-order valence-corrected chi connectivity index (χ4v) is 2.35. The molecule has 0 saturated carbocycles. The molecular formula is C15H17NO4S. The van der Waals surface area contributed by atoms with Crippen molar-refractivity contribution in [2.75, 3.05) is 0 Å². The molecule has 0 saturated heterocycles. The molecule has 0 aromatic heterocycles. The van der Waals surface area contributed by atoms with Crippen LogP contribution < -0.4 is 4.72 Å². The number of allylic oxidation sites excluding steroid dienone is 1. The van der Waals surface area contributed by atoms with E-state index in [1.807, 2.05) is 11.6 Å². The van der Waals surface area contributed by atoms with Gasteiger partial charge in [-0.05, 0) is 32.1 Å². The van der Waals surface area contributed by atoms with Gasteiger partial charge in [0.25, 0.3) is 10.0 Å². The van der Waals surface area contributed by atoms with Crippen LogP contribution in [-0.2, 0) is 14.8 Å². The monoisotopic (exact) mass is 307 g/mol. The number of hydrogen-bond acceptors (Lipinski definition) is 4. The van der Waals surface area contributed by atoms with Crippen molar-refractivity contribution in [1.82, 2.24) is 4.72 Å². The highest BCUT2D eigenvalue weighted by molar-refractivity contribution is 7.90. The van der Waals surface area contributed by atoms with E-state index < -0.39 is 22.2 Å². The Hall–Kier alpha value is -2.30. The molecule has 0 aliphatic carbocycles. The van der Waals surface area contributed by atoms with Crippen LogP contribution in [0.2, 0.25) is 0 Å². The molecule has 0 bridgehead atoms. The van der Waals surface area contributed by atoms with E-state index in [9.17, 15) is 13.2 Å². The van der Waals surface area contributed by atoms with E-state index in [-0.39, 0.29) is 4.90 Å². The van der Waals surface area contributed by atoms with E-state index in [2.05, 4.69) is 12.3 Å². The Morgan fingerprint density at radius 2 is 2.00 bits per heavy atom. The van der Waals surface area contributed by atoms with Crippen molar-refractivity contribution in [3.8, 4) is 0 Å². The summed E-state index contributed by atoms with van der Waals surface area (Å²) in [5.41, 5.74) is 3.40. The lowest BCUT2D eigenvalue weighted by molar-refractivity contribution is 0.143. The maximum Gasteiger partial charge on any atom is 0.422 e. The molecule has 21 heavy (non-hydrogen) atoms. The number of carbonyl (C=O) groups is 1. The maximum absolute atomic E-state index is 12.0. The van der Waals surface area contributed by atoms with Crippen molar-refractivity contribution >= 4 is 16.1 Å². The summed E-state index contributed by atoms with van der Waals surface area (Å²) < 4.78 is 30.8. The van der Waals surface area contributed by atoms with Crippen molar-refractivity contribution in [2.24, 2.45) is 0 Å². The largest absolute Gasteiger partial charge is 0.436 e. The quantitative estimate of drug-likeness (QED) is 0.670. The smallest absolute Gasteiger partial charge is 0.422 e. The third-order valence-corrected chi connectivity index (χ3v) is 3.78. The fraction of sp³-hybridized carbons (Fsp3) is 0.200. The van der Waals surface area contributed by atoms with E-state index in [1.165, 1.54) is 18.2 Å². The average Bonchev–Trinajstić information content (AvgIpc) is 2.39. The lowest BCUT2D eigenvalue weighted by Crippen LogP contribution is -2.33. The van der Waals surface area contributed by atoms with Crippen LogP contribution in [0.15, 0.2) is 59.7 Å². The second kappa shape index (κ2) is 7.47. The van der Waals surface area contributed by atoms with Gasteiger partial charge >= 0.3 is 6.09 Å². The van der Waals surface area contributed by atoms with Crippen LogP contribution in [0.5, 0.6) is 0 Å². The van der Waals surface area contributed by atoms with Gasteiger partial charge in [-0.3, -0.25) is 0 Å². The summed E-state index contributed by atoms with van der Waals surface area (Å²) in [5, 5.41) is 0. The molecule has 1 rings (SSSR count). The van der Waals surface area contributed by atoms with Gasteiger partial charge in [0.1, 0.15) is 6.10 Å². The Labute approximate surface area is 124 Å². The van der Waals surface area contributed by atoms with Crippen LogP contribution in [0.25, 0.3) is 0 Å². The molecule has 0 heterocycles. The van der Waals surface area contributed by atoms with E-state index in [0.717, 1.165) is 5.56 Å². The molecule has 1 unspecified atom stereocenters. The molecule has 5 nitrogen and oxygen atoms in total. The highest BCUT2D eigenvalue weighted by Gasteiger charge is 2.19. The SMILES string of the molecule is C=C=CC(/C=C/C)OC(=O)NS(=O)(=O)c1ccc(C)cc1. The molecule has 1 aromatic carbocycles. The van der Waals surface area contributed by atoms with E-state index in [0.29, 0.717) is 0 Å². The van der Waals surface area contributed by atoms with Crippen LogP contribution in [0.3, 0.4) is 0 Å². The van der Waals surface area contributed by atoms with Gasteiger partial charge < -0.3 is 4.74 Å². The molecule has 0 spiro atoms. The number of ether oxygens (including phenoxy) is 1. The Morgan fingerprint density at radius 1 is 1.38 bits per heavy atom. The predicted octanol–water partition coefficient (Wildman–Crippen LogP) is 2.70. The Bertz CT molecular complexity index is 668. The lowest BCUT2D eigenvalue weighted by Gasteiger charge is -2.11. The van der Waals surface area contributed by atoms with Gasteiger partial charge in [-0.1, -0.05) is 30.4 Å². The minimum atomic E-state index is -3.95. The highest BCUT2D eigenvalue weighted by Crippen LogP contribution is 2.10. The molecule has 1 N–H and O–H groups in total. The van der Waals surface area contributed by atoms with E-state index in [4.69, 9.17) is 4.74 Å². The normalized spacial score (nSPS) is 12.5. The topological polar surface area (TPSA) is 72.5 Å². The first-order valence-corrected chi connectivity index (χ1v) is 7.66. The second-order valence-corrected chi connectivity index (χ2v) is 5.87. The number of hydrogen-bond donors (Lipinski definition) is 1. The summed E-state index contributed by atoms with van der Waals surface area (Å²) in [6.45, 7) is 6.96. The molecule has 112 valence electrons. The van der Waals surface area contributed by atoms with Crippen molar-refractivity contribution in [1.29, 1.82) is 0 Å². The molecule has 1 aromatic rings. The summed E-state index contributed by atoms with van der Waals surface area (Å²) in [6, 6.07) is 6.11. The van der Waals surface area contributed by atoms with Gasteiger partial charge in [-0.25, -0.2) is 17.9 Å². The van der Waals surface area contributed by atoms with Crippen LogP contribution in [0, 0.1) is 6.92 Å². The summed E-state index contributed by atoms with van der Waals surface area (Å²) in [6.07, 6.45) is 2.85. The minimum Gasteiger partial charge on any atom is -0.436 e. The van der Waals surface area contributed by atoms with Gasteiger partial charge in [-0.15, -0.1) is 5.73 Å². The van der Waals surface area contributed by atoms with Gasteiger partial charge in [0.05, 0.1) is 4.90 Å². The van der Waals surface area contributed by atoms with Gasteiger partial charge in [0, 0.05) is 6.08 Å². The molecule has 1 amide bonds. The molecule has 0 fully saturated rings. The van der Waals surface area contributed by atoms with Crippen molar-refractivity contribution in [3.05, 3.63) is 60.4 Å². The number of aryl methyl sites for hydroxylation is 1. The number of amides is 1. The second-order valence-electron chi connectivity index (χ2n) is 4.19. The molecule has 0 radical (unpaired) electrons. The van der Waals surface area contributed by atoms with E-state index >= 15 is 0 Å². The zero-order valence-corrected chi connectivity index (χ0v) is 12.7. The van der Waals surface area contributed by atoms with Crippen LogP contribution in [0.4, 0.5) is 4.79 Å². The third kappa shape index (κ3) is 5.30. The molecular weight excluding hydrogens is 290 g/mol. The molecule has 1 atom stereocenters. The summed E-state index contributed by atoms with van der Waals surface area (Å²) in [4.78, 5) is 11.6. The molecule has 0 aliphatic heterocycles. The first-order chi connectivity index (χ1) is 9.89.